The predicted octanol–water partition coefficient (Wildman–Crippen LogP) is 2.07. The van der Waals surface area contributed by atoms with Crippen LogP contribution in [0.2, 0.25) is 0 Å². The van der Waals surface area contributed by atoms with Crippen LogP contribution >= 0.6 is 15.9 Å². The Morgan fingerprint density at radius 2 is 2.00 bits per heavy atom. The van der Waals surface area contributed by atoms with E-state index < -0.39 is 0 Å². The van der Waals surface area contributed by atoms with Crippen molar-refractivity contribution >= 4 is 21.8 Å². The summed E-state index contributed by atoms with van der Waals surface area (Å²) < 4.78 is 1.04. The first-order valence-electron chi connectivity index (χ1n) is 5.36. The van der Waals surface area contributed by atoms with Gasteiger partial charge in [0.25, 0.3) is 0 Å². The van der Waals surface area contributed by atoms with Crippen molar-refractivity contribution in [1.82, 2.24) is 4.90 Å². The molecule has 1 heterocycles. The van der Waals surface area contributed by atoms with E-state index in [9.17, 15) is 4.79 Å². The lowest BCUT2D eigenvalue weighted by Gasteiger charge is -2.37. The zero-order chi connectivity index (χ0) is 11.7. The van der Waals surface area contributed by atoms with Gasteiger partial charge in [0.2, 0.25) is 5.91 Å². The molecule has 2 unspecified atom stereocenters. The Labute approximate surface area is 104 Å². The van der Waals surface area contributed by atoms with Crippen LogP contribution in [0.5, 0.6) is 0 Å². The lowest BCUT2D eigenvalue weighted by Crippen LogP contribution is -2.46. The Morgan fingerprint density at radius 3 is 2.62 bits per heavy atom. The maximum Gasteiger partial charge on any atom is 0.222 e. The largest absolute Gasteiger partial charge is 0.337 e. The van der Waals surface area contributed by atoms with E-state index in [1.165, 1.54) is 0 Å². The van der Waals surface area contributed by atoms with E-state index in [4.69, 9.17) is 5.73 Å². The summed E-state index contributed by atoms with van der Waals surface area (Å²) in [6, 6.07) is 8.04. The summed E-state index contributed by atoms with van der Waals surface area (Å²) in [5, 5.41) is 0. The van der Waals surface area contributed by atoms with Crippen LogP contribution in [0, 0.1) is 0 Å². The lowest BCUT2D eigenvalue weighted by atomic mass is 9.91. The minimum absolute atomic E-state index is 0.00866. The summed E-state index contributed by atoms with van der Waals surface area (Å²) >= 11 is 3.40. The normalized spacial score (nSPS) is 25.9. The smallest absolute Gasteiger partial charge is 0.222 e. The maximum absolute atomic E-state index is 11.7. The molecule has 1 fully saturated rings. The van der Waals surface area contributed by atoms with Gasteiger partial charge in [0.05, 0.1) is 6.04 Å². The molecule has 2 atom stereocenters. The molecular formula is C12H15BrN2O. The fraction of sp³-hybridized carbons (Fsp3) is 0.417. The van der Waals surface area contributed by atoms with Gasteiger partial charge in [0, 0.05) is 24.0 Å². The Kier molecular flexibility index (Phi) is 3.30. The lowest BCUT2D eigenvalue weighted by molar-refractivity contribution is -0.135. The number of carbonyl (C=O) groups excluding carboxylic acids is 1. The molecule has 0 aliphatic carbocycles. The molecule has 4 heteroatoms. The topological polar surface area (TPSA) is 46.3 Å². The van der Waals surface area contributed by atoms with Crippen LogP contribution in [0.4, 0.5) is 0 Å². The Morgan fingerprint density at radius 1 is 1.38 bits per heavy atom. The predicted molar refractivity (Wildman–Crippen MR) is 66.9 cm³/mol. The average molecular weight is 283 g/mol. The van der Waals surface area contributed by atoms with Gasteiger partial charge in [-0.05, 0) is 24.1 Å². The minimum Gasteiger partial charge on any atom is -0.337 e. The second kappa shape index (κ2) is 4.55. The van der Waals surface area contributed by atoms with Crippen LogP contribution in [-0.2, 0) is 4.79 Å². The number of carbonyl (C=O) groups is 1. The highest BCUT2D eigenvalue weighted by Gasteiger charge is 2.32. The number of halogens is 1. The van der Waals surface area contributed by atoms with Crippen molar-refractivity contribution in [3.05, 3.63) is 34.3 Å². The van der Waals surface area contributed by atoms with Crippen LogP contribution < -0.4 is 5.73 Å². The van der Waals surface area contributed by atoms with Gasteiger partial charge < -0.3 is 10.6 Å². The molecule has 1 aromatic rings. The van der Waals surface area contributed by atoms with Crippen molar-refractivity contribution in [3.63, 3.8) is 0 Å². The van der Waals surface area contributed by atoms with Crippen LogP contribution in [0.3, 0.4) is 0 Å². The number of piperidine rings is 1. The number of hydrogen-bond acceptors (Lipinski definition) is 2. The van der Waals surface area contributed by atoms with Gasteiger partial charge in [-0.15, -0.1) is 0 Å². The zero-order valence-corrected chi connectivity index (χ0v) is 10.8. The Bertz CT molecular complexity index is 391. The number of hydrogen-bond donors (Lipinski definition) is 1. The van der Waals surface area contributed by atoms with Crippen molar-refractivity contribution in [2.24, 2.45) is 5.73 Å². The quantitative estimate of drug-likeness (QED) is 0.857. The zero-order valence-electron chi connectivity index (χ0n) is 9.19. The van der Waals surface area contributed by atoms with Crippen molar-refractivity contribution in [3.8, 4) is 0 Å². The maximum atomic E-state index is 11.7. The van der Waals surface area contributed by atoms with Gasteiger partial charge >= 0.3 is 0 Å². The molecule has 1 aliphatic heterocycles. The van der Waals surface area contributed by atoms with Gasteiger partial charge in [0.15, 0.2) is 0 Å². The van der Waals surface area contributed by atoms with Crippen LogP contribution in [0.25, 0.3) is 0 Å². The highest BCUT2D eigenvalue weighted by molar-refractivity contribution is 9.10. The van der Waals surface area contributed by atoms with E-state index in [0.29, 0.717) is 6.42 Å². The molecule has 0 saturated carbocycles. The standard InChI is InChI=1S/C12H15BrN2O/c1-15-11(16)7-6-10(14)12(15)8-2-4-9(13)5-3-8/h2-5,10,12H,6-7,14H2,1H3. The molecule has 1 aromatic carbocycles. The number of rotatable bonds is 1. The molecule has 16 heavy (non-hydrogen) atoms. The van der Waals surface area contributed by atoms with Crippen LogP contribution in [-0.4, -0.2) is 23.9 Å². The summed E-state index contributed by atoms with van der Waals surface area (Å²) in [5.74, 6) is 0.176. The number of nitrogens with two attached hydrogens (primary N) is 1. The number of likely N-dealkylation sites (tertiary alicyclic amines) is 1. The van der Waals surface area contributed by atoms with Crippen molar-refractivity contribution < 1.29 is 4.79 Å². The fourth-order valence-corrected chi connectivity index (χ4v) is 2.46. The number of amides is 1. The number of likely N-dealkylation sites (N-methyl/N-ethyl adjacent to an activating group) is 1. The first kappa shape index (κ1) is 11.6. The molecule has 1 amide bonds. The van der Waals surface area contributed by atoms with E-state index in [2.05, 4.69) is 15.9 Å². The second-order valence-corrected chi connectivity index (χ2v) is 5.12. The van der Waals surface area contributed by atoms with E-state index >= 15 is 0 Å². The van der Waals surface area contributed by atoms with E-state index in [1.54, 1.807) is 4.90 Å². The third kappa shape index (κ3) is 2.13. The van der Waals surface area contributed by atoms with E-state index in [0.717, 1.165) is 16.5 Å². The fourth-order valence-electron chi connectivity index (χ4n) is 2.20. The summed E-state index contributed by atoms with van der Waals surface area (Å²) in [4.78, 5) is 13.4. The van der Waals surface area contributed by atoms with Crippen molar-refractivity contribution in [2.45, 2.75) is 24.9 Å². The molecule has 0 aromatic heterocycles. The molecule has 86 valence electrons. The van der Waals surface area contributed by atoms with Gasteiger partial charge in [-0.25, -0.2) is 0 Å². The third-order valence-corrected chi connectivity index (χ3v) is 3.65. The molecule has 0 bridgehead atoms. The highest BCUT2D eigenvalue weighted by atomic mass is 79.9. The summed E-state index contributed by atoms with van der Waals surface area (Å²) in [5.41, 5.74) is 7.20. The van der Waals surface area contributed by atoms with E-state index in [1.807, 2.05) is 31.3 Å². The monoisotopic (exact) mass is 282 g/mol. The molecule has 0 radical (unpaired) electrons. The average Bonchev–Trinajstić information content (AvgIpc) is 2.27. The summed E-state index contributed by atoms with van der Waals surface area (Å²) in [7, 11) is 1.83. The van der Waals surface area contributed by atoms with Gasteiger partial charge in [-0.3, -0.25) is 4.79 Å². The SMILES string of the molecule is CN1C(=O)CCC(N)C1c1ccc(Br)cc1. The van der Waals surface area contributed by atoms with E-state index in [-0.39, 0.29) is 18.0 Å². The third-order valence-electron chi connectivity index (χ3n) is 3.12. The molecule has 3 nitrogen and oxygen atoms in total. The van der Waals surface area contributed by atoms with Gasteiger partial charge in [-0.1, -0.05) is 28.1 Å². The minimum atomic E-state index is 0.00866. The molecule has 2 rings (SSSR count). The van der Waals surface area contributed by atoms with Crippen molar-refractivity contribution in [2.75, 3.05) is 7.05 Å². The molecule has 0 spiro atoms. The first-order valence-corrected chi connectivity index (χ1v) is 6.15. The number of benzene rings is 1. The summed E-state index contributed by atoms with van der Waals surface area (Å²) in [6.45, 7) is 0. The Balaban J connectivity index is 2.29. The summed E-state index contributed by atoms with van der Waals surface area (Å²) in [6.07, 6.45) is 1.33. The van der Waals surface area contributed by atoms with Crippen molar-refractivity contribution in [1.29, 1.82) is 0 Å². The second-order valence-electron chi connectivity index (χ2n) is 4.20. The number of nitrogens with zero attached hydrogens (tertiary/aromatic N) is 1. The first-order chi connectivity index (χ1) is 7.59. The highest BCUT2D eigenvalue weighted by Crippen LogP contribution is 2.30. The van der Waals surface area contributed by atoms with Gasteiger partial charge in [0.1, 0.15) is 0 Å². The molecule has 1 saturated heterocycles. The Hall–Kier alpha value is -0.870. The van der Waals surface area contributed by atoms with Crippen LogP contribution in [0.15, 0.2) is 28.7 Å². The van der Waals surface area contributed by atoms with Gasteiger partial charge in [-0.2, -0.15) is 0 Å². The van der Waals surface area contributed by atoms with Crippen LogP contribution in [0.1, 0.15) is 24.4 Å². The molecular weight excluding hydrogens is 268 g/mol. The molecule has 1 aliphatic rings. The molecule has 2 N–H and O–H groups in total.